The first-order chi connectivity index (χ1) is 6.32. The monoisotopic (exact) mass is 212 g/mol. The van der Waals surface area contributed by atoms with Crippen LogP contribution in [-0.2, 0) is 9.52 Å². The van der Waals surface area contributed by atoms with Gasteiger partial charge in [-0.25, -0.2) is 9.97 Å². The third-order valence-corrected chi connectivity index (χ3v) is 2.89. The molecule has 78 valence electrons. The zero-order valence-electron chi connectivity index (χ0n) is 9.07. The van der Waals surface area contributed by atoms with Crippen LogP contribution in [0.25, 0.3) is 0 Å². The molecule has 0 amide bonds. The molecule has 0 saturated heterocycles. The van der Waals surface area contributed by atoms with Crippen molar-refractivity contribution in [3.63, 3.8) is 0 Å². The predicted octanol–water partition coefficient (Wildman–Crippen LogP) is 1.61. The summed E-state index contributed by atoms with van der Waals surface area (Å²) in [6, 6.07) is 0. The van der Waals surface area contributed by atoms with Gasteiger partial charge in [-0.2, -0.15) is 0 Å². The van der Waals surface area contributed by atoms with Crippen LogP contribution in [-0.4, -0.2) is 26.3 Å². The normalized spacial score (nSPS) is 15.5. The second-order valence-electron chi connectivity index (χ2n) is 3.88. The molecule has 0 fully saturated rings. The minimum atomic E-state index is -2.30. The summed E-state index contributed by atoms with van der Waals surface area (Å²) in [4.78, 5) is 8.34. The molecule has 0 aliphatic rings. The van der Waals surface area contributed by atoms with Crippen molar-refractivity contribution >= 4 is 15.4 Å². The summed E-state index contributed by atoms with van der Waals surface area (Å²) in [6.07, 6.45) is 3.27. The summed E-state index contributed by atoms with van der Waals surface area (Å²) in [5.74, 6) is 3.89. The van der Waals surface area contributed by atoms with Gasteiger partial charge in [-0.1, -0.05) is 13.8 Å². The number of hydrogen-bond donors (Lipinski definition) is 0. The van der Waals surface area contributed by atoms with Crippen molar-refractivity contribution < 1.29 is 4.21 Å². The van der Waals surface area contributed by atoms with Crippen LogP contribution in [0, 0.1) is 6.92 Å². The van der Waals surface area contributed by atoms with Crippen molar-refractivity contribution in [2.24, 2.45) is 0 Å². The lowest BCUT2D eigenvalue weighted by Crippen LogP contribution is -2.08. The summed E-state index contributed by atoms with van der Waals surface area (Å²) in [7, 11) is -2.30. The van der Waals surface area contributed by atoms with Crippen LogP contribution in [0.5, 0.6) is 0 Å². The molecular weight excluding hydrogens is 196 g/mol. The minimum absolute atomic E-state index is 0.318. The largest absolute Gasteiger partial charge is 0.260 e. The molecular formula is C10H16N2OS. The van der Waals surface area contributed by atoms with Crippen molar-refractivity contribution in [1.82, 2.24) is 9.97 Å². The number of nitrogens with zero attached hydrogens (tertiary/aromatic N) is 2. The maximum Gasteiger partial charge on any atom is 0.210 e. The fraction of sp³-hybridized carbons (Fsp3) is 0.500. The Morgan fingerprint density at radius 3 is 2.50 bits per heavy atom. The molecule has 4 heteroatoms. The smallest absolute Gasteiger partial charge is 0.210 e. The number of aryl methyl sites for hydroxylation is 1. The van der Waals surface area contributed by atoms with E-state index in [4.69, 9.17) is 0 Å². The van der Waals surface area contributed by atoms with Gasteiger partial charge in [0.2, 0.25) is 5.16 Å². The van der Waals surface area contributed by atoms with Crippen LogP contribution < -0.4 is 0 Å². The van der Waals surface area contributed by atoms with Gasteiger partial charge in [0.25, 0.3) is 0 Å². The zero-order chi connectivity index (χ0) is 10.9. The fourth-order valence-corrected chi connectivity index (χ4v) is 1.80. The van der Waals surface area contributed by atoms with E-state index in [0.717, 1.165) is 11.3 Å². The Kier molecular flexibility index (Phi) is 2.95. The maximum absolute atomic E-state index is 11.6. The highest BCUT2D eigenvalue weighted by Gasteiger charge is 2.10. The fourth-order valence-electron chi connectivity index (χ4n) is 1.23. The molecule has 1 aromatic rings. The van der Waals surface area contributed by atoms with Gasteiger partial charge in [-0.3, -0.25) is 4.21 Å². The van der Waals surface area contributed by atoms with Gasteiger partial charge >= 0.3 is 0 Å². The van der Waals surface area contributed by atoms with Gasteiger partial charge in [0.1, 0.15) is 0 Å². The van der Waals surface area contributed by atoms with Crippen LogP contribution in [0.2, 0.25) is 0 Å². The molecule has 0 aromatic carbocycles. The highest BCUT2D eigenvalue weighted by Crippen LogP contribution is 2.16. The predicted molar refractivity (Wildman–Crippen MR) is 60.3 cm³/mol. The lowest BCUT2D eigenvalue weighted by Gasteiger charge is -2.10. The van der Waals surface area contributed by atoms with E-state index < -0.39 is 9.52 Å². The van der Waals surface area contributed by atoms with Gasteiger partial charge in [-0.15, -0.1) is 0 Å². The second kappa shape index (κ2) is 3.69. The Morgan fingerprint density at radius 1 is 1.50 bits per heavy atom. The summed E-state index contributed by atoms with van der Waals surface area (Å²) in [6.45, 7) is 6.07. The molecule has 0 aliphatic carbocycles. The molecule has 1 unspecified atom stereocenters. The number of aromatic nitrogens is 2. The minimum Gasteiger partial charge on any atom is -0.260 e. The first kappa shape index (κ1) is 11.2. The third-order valence-electron chi connectivity index (χ3n) is 1.92. The number of hydrogen-bond acceptors (Lipinski definition) is 3. The zero-order valence-corrected chi connectivity index (χ0v) is 9.89. The van der Waals surface area contributed by atoms with Gasteiger partial charge in [0.05, 0.1) is 5.69 Å². The van der Waals surface area contributed by atoms with Crippen LogP contribution in [0.4, 0.5) is 0 Å². The van der Waals surface area contributed by atoms with Gasteiger partial charge < -0.3 is 0 Å². The molecule has 0 spiro atoms. The molecule has 1 heterocycles. The quantitative estimate of drug-likeness (QED) is 0.552. The molecule has 0 radical (unpaired) electrons. The standard InChI is InChI=1S/C10H16N2OS/c1-7(2)9-8(3)6-11-10(12-9)14(4,5)13/h6-7H,4H2,1-3,5H3. The molecule has 14 heavy (non-hydrogen) atoms. The number of rotatable bonds is 2. The molecule has 0 bridgehead atoms. The van der Waals surface area contributed by atoms with E-state index in [-0.39, 0.29) is 0 Å². The highest BCUT2D eigenvalue weighted by molar-refractivity contribution is 7.99. The highest BCUT2D eigenvalue weighted by atomic mass is 32.2. The molecule has 3 nitrogen and oxygen atoms in total. The van der Waals surface area contributed by atoms with Crippen LogP contribution in [0.3, 0.4) is 0 Å². The molecule has 1 rings (SSSR count). The van der Waals surface area contributed by atoms with Crippen molar-refractivity contribution in [1.29, 1.82) is 0 Å². The van der Waals surface area contributed by atoms with Crippen molar-refractivity contribution in [3.8, 4) is 0 Å². The Morgan fingerprint density at radius 2 is 2.07 bits per heavy atom. The van der Waals surface area contributed by atoms with E-state index in [2.05, 4.69) is 29.7 Å². The van der Waals surface area contributed by atoms with Crippen LogP contribution in [0.15, 0.2) is 11.4 Å². The van der Waals surface area contributed by atoms with E-state index in [1.54, 1.807) is 12.5 Å². The Hall–Kier alpha value is -0.900. The van der Waals surface area contributed by atoms with Crippen molar-refractivity contribution in [2.45, 2.75) is 31.8 Å². The first-order valence-corrected chi connectivity index (χ1v) is 6.61. The van der Waals surface area contributed by atoms with Crippen LogP contribution >= 0.6 is 0 Å². The maximum atomic E-state index is 11.6. The summed E-state index contributed by atoms with van der Waals surface area (Å²) in [5.41, 5.74) is 1.99. The average Bonchev–Trinajstić information content (AvgIpc) is 2.02. The topological polar surface area (TPSA) is 42.9 Å². The third kappa shape index (κ3) is 2.32. The lowest BCUT2D eigenvalue weighted by molar-refractivity contribution is 0.672. The summed E-state index contributed by atoms with van der Waals surface area (Å²) < 4.78 is 11.6. The van der Waals surface area contributed by atoms with Gasteiger partial charge in [-0.05, 0) is 24.3 Å². The molecule has 0 aliphatic heterocycles. The first-order valence-electron chi connectivity index (χ1n) is 4.48. The van der Waals surface area contributed by atoms with Gasteiger partial charge in [0.15, 0.2) is 0 Å². The van der Waals surface area contributed by atoms with Crippen molar-refractivity contribution in [3.05, 3.63) is 17.5 Å². The van der Waals surface area contributed by atoms with E-state index in [1.165, 1.54) is 0 Å². The van der Waals surface area contributed by atoms with E-state index in [9.17, 15) is 4.21 Å². The van der Waals surface area contributed by atoms with Gasteiger partial charge in [0, 0.05) is 22.0 Å². The summed E-state index contributed by atoms with van der Waals surface area (Å²) >= 11 is 0. The van der Waals surface area contributed by atoms with E-state index in [1.807, 2.05) is 6.92 Å². The molecule has 1 aromatic heterocycles. The van der Waals surface area contributed by atoms with Crippen molar-refractivity contribution in [2.75, 3.05) is 6.26 Å². The second-order valence-corrected chi connectivity index (χ2v) is 6.26. The lowest BCUT2D eigenvalue weighted by atomic mass is 10.1. The molecule has 1 atom stereocenters. The Labute approximate surface area is 85.6 Å². The van der Waals surface area contributed by atoms with Crippen LogP contribution in [0.1, 0.15) is 31.0 Å². The molecule has 0 N–H and O–H groups in total. The van der Waals surface area contributed by atoms with E-state index in [0.29, 0.717) is 11.1 Å². The Bertz CT molecular complexity index is 435. The summed E-state index contributed by atoms with van der Waals surface area (Å²) in [5, 5.41) is 0.354. The molecule has 0 saturated carbocycles. The average molecular weight is 212 g/mol. The Balaban J connectivity index is 3.34. The SMILES string of the molecule is C=S(C)(=O)c1ncc(C)c(C(C)C)n1. The van der Waals surface area contributed by atoms with E-state index >= 15 is 0 Å².